The van der Waals surface area contributed by atoms with Crippen molar-refractivity contribution in [2.75, 3.05) is 0 Å². The minimum atomic E-state index is -0.826. The second kappa shape index (κ2) is 9.74. The maximum atomic E-state index is 11.7. The highest BCUT2D eigenvalue weighted by Crippen LogP contribution is 2.03. The van der Waals surface area contributed by atoms with Crippen LogP contribution in [0.3, 0.4) is 0 Å². The summed E-state index contributed by atoms with van der Waals surface area (Å²) in [6, 6.07) is -0.0558. The molecule has 0 spiro atoms. The molecule has 0 aromatic heterocycles. The molecule has 0 aromatic rings. The summed E-state index contributed by atoms with van der Waals surface area (Å²) in [5.41, 5.74) is 0. The van der Waals surface area contributed by atoms with E-state index in [1.54, 1.807) is 0 Å². The fourth-order valence-corrected chi connectivity index (χ4v) is 1.82. The van der Waals surface area contributed by atoms with E-state index in [1.165, 1.54) is 0 Å². The molecule has 2 unspecified atom stereocenters. The first-order chi connectivity index (χ1) is 8.53. The zero-order valence-electron chi connectivity index (χ0n) is 11.7. The van der Waals surface area contributed by atoms with Crippen molar-refractivity contribution < 1.29 is 14.7 Å². The van der Waals surface area contributed by atoms with Crippen molar-refractivity contribution in [3.05, 3.63) is 0 Å². The van der Waals surface area contributed by atoms with Gasteiger partial charge in [0.15, 0.2) is 0 Å². The van der Waals surface area contributed by atoms with Gasteiger partial charge < -0.3 is 15.7 Å². The number of carboxylic acids is 1. The van der Waals surface area contributed by atoms with Crippen LogP contribution >= 0.6 is 0 Å². The van der Waals surface area contributed by atoms with Gasteiger partial charge in [-0.05, 0) is 25.7 Å². The largest absolute Gasteiger partial charge is 0.481 e. The topological polar surface area (TPSA) is 78.4 Å². The standard InChI is InChI=1S/C13H26N2O3/c1-4-7-10(5-2)14-13(18)15-11(6-3)8-9-12(16)17/h10-11H,4-9H2,1-3H3,(H,16,17)(H2,14,15,18). The number of nitrogens with one attached hydrogen (secondary N) is 2. The van der Waals surface area contributed by atoms with Gasteiger partial charge in [0.2, 0.25) is 0 Å². The van der Waals surface area contributed by atoms with E-state index in [-0.39, 0.29) is 24.5 Å². The van der Waals surface area contributed by atoms with Crippen molar-refractivity contribution in [1.29, 1.82) is 0 Å². The SMILES string of the molecule is CCCC(CC)NC(=O)NC(CC)CCC(=O)O. The Balaban J connectivity index is 4.05. The number of amides is 2. The van der Waals surface area contributed by atoms with E-state index in [9.17, 15) is 9.59 Å². The average Bonchev–Trinajstić information content (AvgIpc) is 2.33. The molecule has 0 aliphatic rings. The van der Waals surface area contributed by atoms with Crippen molar-refractivity contribution in [1.82, 2.24) is 10.6 Å². The number of hydrogen-bond donors (Lipinski definition) is 3. The van der Waals surface area contributed by atoms with Crippen LogP contribution in [0.4, 0.5) is 4.79 Å². The molecule has 2 amide bonds. The third-order valence-corrected chi connectivity index (χ3v) is 3.00. The van der Waals surface area contributed by atoms with Gasteiger partial charge in [0, 0.05) is 18.5 Å². The molecule has 0 saturated heterocycles. The quantitative estimate of drug-likeness (QED) is 0.594. The Morgan fingerprint density at radius 3 is 1.89 bits per heavy atom. The summed E-state index contributed by atoms with van der Waals surface area (Å²) in [7, 11) is 0. The highest BCUT2D eigenvalue weighted by Gasteiger charge is 2.14. The maximum absolute atomic E-state index is 11.7. The van der Waals surface area contributed by atoms with Gasteiger partial charge in [0.25, 0.3) is 0 Å². The molecule has 0 heterocycles. The van der Waals surface area contributed by atoms with Crippen LogP contribution in [-0.2, 0) is 4.79 Å². The lowest BCUT2D eigenvalue weighted by Gasteiger charge is -2.20. The van der Waals surface area contributed by atoms with Gasteiger partial charge in [0.1, 0.15) is 0 Å². The van der Waals surface area contributed by atoms with E-state index in [2.05, 4.69) is 17.6 Å². The summed E-state index contributed by atoms with van der Waals surface area (Å²) >= 11 is 0. The third-order valence-electron chi connectivity index (χ3n) is 3.00. The van der Waals surface area contributed by atoms with E-state index >= 15 is 0 Å². The maximum Gasteiger partial charge on any atom is 0.315 e. The van der Waals surface area contributed by atoms with E-state index in [0.29, 0.717) is 6.42 Å². The molecule has 18 heavy (non-hydrogen) atoms. The van der Waals surface area contributed by atoms with Crippen molar-refractivity contribution in [2.24, 2.45) is 0 Å². The van der Waals surface area contributed by atoms with E-state index in [0.717, 1.165) is 25.7 Å². The second-order valence-corrected chi connectivity index (χ2v) is 4.55. The molecule has 0 aromatic carbocycles. The second-order valence-electron chi connectivity index (χ2n) is 4.55. The normalized spacial score (nSPS) is 13.7. The molecular weight excluding hydrogens is 232 g/mol. The number of carbonyl (C=O) groups is 2. The first-order valence-electron chi connectivity index (χ1n) is 6.82. The van der Waals surface area contributed by atoms with Gasteiger partial charge in [-0.25, -0.2) is 4.79 Å². The lowest BCUT2D eigenvalue weighted by atomic mass is 10.1. The Kier molecular flexibility index (Phi) is 9.06. The minimum Gasteiger partial charge on any atom is -0.481 e. The van der Waals surface area contributed by atoms with Gasteiger partial charge >= 0.3 is 12.0 Å². The van der Waals surface area contributed by atoms with Crippen LogP contribution in [0.5, 0.6) is 0 Å². The zero-order valence-corrected chi connectivity index (χ0v) is 11.7. The zero-order chi connectivity index (χ0) is 14.0. The molecule has 0 aliphatic heterocycles. The Morgan fingerprint density at radius 1 is 1.00 bits per heavy atom. The van der Waals surface area contributed by atoms with Gasteiger partial charge in [-0.3, -0.25) is 4.79 Å². The molecular formula is C13H26N2O3. The highest BCUT2D eigenvalue weighted by atomic mass is 16.4. The fraction of sp³-hybridized carbons (Fsp3) is 0.846. The Bertz CT molecular complexity index is 257. The molecule has 0 fully saturated rings. The first-order valence-corrected chi connectivity index (χ1v) is 6.82. The van der Waals surface area contributed by atoms with Crippen molar-refractivity contribution in [2.45, 2.75) is 71.4 Å². The molecule has 0 saturated carbocycles. The molecule has 0 radical (unpaired) electrons. The summed E-state index contributed by atoms with van der Waals surface area (Å²) in [5.74, 6) is -0.826. The van der Waals surface area contributed by atoms with Crippen LogP contribution in [0.2, 0.25) is 0 Å². The molecule has 5 nitrogen and oxygen atoms in total. The number of urea groups is 1. The number of rotatable bonds is 9. The summed E-state index contributed by atoms with van der Waals surface area (Å²) < 4.78 is 0. The molecule has 106 valence electrons. The molecule has 0 bridgehead atoms. The van der Waals surface area contributed by atoms with E-state index in [1.807, 2.05) is 13.8 Å². The number of hydrogen-bond acceptors (Lipinski definition) is 2. The lowest BCUT2D eigenvalue weighted by molar-refractivity contribution is -0.137. The highest BCUT2D eigenvalue weighted by molar-refractivity contribution is 5.74. The smallest absolute Gasteiger partial charge is 0.315 e. The van der Waals surface area contributed by atoms with Crippen LogP contribution in [-0.4, -0.2) is 29.2 Å². The van der Waals surface area contributed by atoms with Gasteiger partial charge in [0.05, 0.1) is 0 Å². The monoisotopic (exact) mass is 258 g/mol. The van der Waals surface area contributed by atoms with Crippen molar-refractivity contribution in [3.63, 3.8) is 0 Å². The van der Waals surface area contributed by atoms with Crippen LogP contribution in [0.25, 0.3) is 0 Å². The Morgan fingerprint density at radius 2 is 1.50 bits per heavy atom. The number of carboxylic acid groups (broad SMARTS) is 1. The predicted molar refractivity (Wildman–Crippen MR) is 71.6 cm³/mol. The van der Waals surface area contributed by atoms with Gasteiger partial charge in [-0.2, -0.15) is 0 Å². The first kappa shape index (κ1) is 16.7. The van der Waals surface area contributed by atoms with Crippen molar-refractivity contribution >= 4 is 12.0 Å². The molecule has 5 heteroatoms. The van der Waals surface area contributed by atoms with Crippen molar-refractivity contribution in [3.8, 4) is 0 Å². The predicted octanol–water partition coefficient (Wildman–Crippen LogP) is 2.51. The van der Waals surface area contributed by atoms with Crippen LogP contribution in [0, 0.1) is 0 Å². The summed E-state index contributed by atoms with van der Waals surface area (Å²) in [4.78, 5) is 22.2. The lowest BCUT2D eigenvalue weighted by Crippen LogP contribution is -2.46. The fourth-order valence-electron chi connectivity index (χ4n) is 1.82. The van der Waals surface area contributed by atoms with Crippen LogP contribution in [0.1, 0.15) is 59.3 Å². The number of aliphatic carboxylic acids is 1. The van der Waals surface area contributed by atoms with E-state index < -0.39 is 5.97 Å². The molecule has 3 N–H and O–H groups in total. The van der Waals surface area contributed by atoms with Crippen LogP contribution < -0.4 is 10.6 Å². The Hall–Kier alpha value is -1.26. The van der Waals surface area contributed by atoms with Gasteiger partial charge in [-0.15, -0.1) is 0 Å². The average molecular weight is 258 g/mol. The van der Waals surface area contributed by atoms with Gasteiger partial charge in [-0.1, -0.05) is 27.2 Å². The summed E-state index contributed by atoms with van der Waals surface area (Å²) in [6.07, 6.45) is 4.22. The summed E-state index contributed by atoms with van der Waals surface area (Å²) in [6.45, 7) is 6.07. The van der Waals surface area contributed by atoms with Crippen LogP contribution in [0.15, 0.2) is 0 Å². The third kappa shape index (κ3) is 7.92. The molecule has 0 rings (SSSR count). The van der Waals surface area contributed by atoms with E-state index in [4.69, 9.17) is 5.11 Å². The minimum absolute atomic E-state index is 0.0692. The number of carbonyl (C=O) groups excluding carboxylic acids is 1. The Labute approximate surface area is 109 Å². The molecule has 0 aliphatic carbocycles. The molecule has 2 atom stereocenters. The summed E-state index contributed by atoms with van der Waals surface area (Å²) in [5, 5.41) is 14.4.